The maximum atomic E-state index is 12.8. The molecule has 348 valence electrons. The number of rotatable bonds is 49. The standard InChI is InChI=1S/C49H101N2O6P/c1-3-5-7-9-11-13-15-17-18-19-20-21-22-23-24-25-26-27-28-29-31-33-35-37-39-41-43-49(53)51-47(46-57-58(54,55)56-45-44-50)48(52)42-40-38-36-34-32-30-16-14-12-10-8-6-4-2/h47-48,52H,3-46,50H2,1-2H3,(H,51,53)(H,54,55)/t47-,48+/m0/s1. The van der Waals surface area contributed by atoms with Crippen LogP contribution in [0.1, 0.15) is 277 Å². The lowest BCUT2D eigenvalue weighted by atomic mass is 10.0. The van der Waals surface area contributed by atoms with E-state index in [0.717, 1.165) is 38.5 Å². The average molecular weight is 845 g/mol. The Bertz CT molecular complexity index is 880. The lowest BCUT2D eigenvalue weighted by Gasteiger charge is -2.25. The minimum atomic E-state index is -4.31. The maximum absolute atomic E-state index is 12.8. The zero-order chi connectivity index (χ0) is 42.5. The highest BCUT2D eigenvalue weighted by Gasteiger charge is 2.27. The summed E-state index contributed by atoms with van der Waals surface area (Å²) in [5, 5.41) is 13.8. The molecule has 0 aromatic heterocycles. The highest BCUT2D eigenvalue weighted by Crippen LogP contribution is 2.43. The monoisotopic (exact) mass is 845 g/mol. The lowest BCUT2D eigenvalue weighted by Crippen LogP contribution is -2.46. The summed E-state index contributed by atoms with van der Waals surface area (Å²) in [5.74, 6) is -0.155. The van der Waals surface area contributed by atoms with Crippen LogP contribution in [0.25, 0.3) is 0 Å². The first kappa shape index (κ1) is 57.5. The molecule has 1 amide bonds. The van der Waals surface area contributed by atoms with Gasteiger partial charge in [0, 0.05) is 13.0 Å². The van der Waals surface area contributed by atoms with E-state index in [4.69, 9.17) is 14.8 Å². The molecule has 58 heavy (non-hydrogen) atoms. The van der Waals surface area contributed by atoms with Crippen LogP contribution in [0, 0.1) is 0 Å². The molecule has 0 saturated heterocycles. The molecule has 0 radical (unpaired) electrons. The Morgan fingerprint density at radius 2 is 0.793 bits per heavy atom. The smallest absolute Gasteiger partial charge is 0.391 e. The molecule has 0 rings (SSSR count). The van der Waals surface area contributed by atoms with Gasteiger partial charge in [0.2, 0.25) is 5.91 Å². The van der Waals surface area contributed by atoms with Crippen molar-refractivity contribution < 1.29 is 28.4 Å². The van der Waals surface area contributed by atoms with Gasteiger partial charge in [-0.1, -0.05) is 258 Å². The van der Waals surface area contributed by atoms with E-state index in [9.17, 15) is 19.4 Å². The fourth-order valence-corrected chi connectivity index (χ4v) is 8.84. The Kier molecular flexibility index (Phi) is 45.6. The van der Waals surface area contributed by atoms with Gasteiger partial charge < -0.3 is 21.1 Å². The first-order chi connectivity index (χ1) is 28.4. The molecular weight excluding hydrogens is 744 g/mol. The van der Waals surface area contributed by atoms with Crippen molar-refractivity contribution in [1.82, 2.24) is 5.32 Å². The SMILES string of the molecule is CCCCCCCCCCCCCCCCCCCCCCCCCCCCC(=O)N[C@@H](COP(=O)(O)OCCN)[C@H](O)CCCCCCCCCCCCCCC. The highest BCUT2D eigenvalue weighted by molar-refractivity contribution is 7.47. The molecule has 0 saturated carbocycles. The first-order valence-corrected chi connectivity index (χ1v) is 27.1. The molecule has 0 aliphatic heterocycles. The highest BCUT2D eigenvalue weighted by atomic mass is 31.2. The molecule has 9 heteroatoms. The van der Waals surface area contributed by atoms with Crippen molar-refractivity contribution in [2.24, 2.45) is 5.73 Å². The number of unbranched alkanes of at least 4 members (excludes halogenated alkanes) is 37. The number of phosphoric ester groups is 1. The molecule has 0 heterocycles. The van der Waals surface area contributed by atoms with Gasteiger partial charge in [-0.2, -0.15) is 0 Å². The second kappa shape index (κ2) is 46.0. The van der Waals surface area contributed by atoms with Gasteiger partial charge in [0.15, 0.2) is 0 Å². The van der Waals surface area contributed by atoms with E-state index >= 15 is 0 Å². The van der Waals surface area contributed by atoms with Gasteiger partial charge >= 0.3 is 7.82 Å². The third-order valence-corrected chi connectivity index (χ3v) is 12.9. The van der Waals surface area contributed by atoms with Crippen LogP contribution in [0.4, 0.5) is 0 Å². The molecule has 0 aromatic rings. The Hall–Kier alpha value is -0.500. The molecule has 0 spiro atoms. The summed E-state index contributed by atoms with van der Waals surface area (Å²) < 4.78 is 22.2. The number of aliphatic hydroxyl groups excluding tert-OH is 1. The van der Waals surface area contributed by atoms with Crippen molar-refractivity contribution in [3.8, 4) is 0 Å². The van der Waals surface area contributed by atoms with Gasteiger partial charge in [-0.25, -0.2) is 4.57 Å². The van der Waals surface area contributed by atoms with Gasteiger partial charge in [0.1, 0.15) is 0 Å². The minimum Gasteiger partial charge on any atom is -0.391 e. The summed E-state index contributed by atoms with van der Waals surface area (Å²) in [6, 6.07) is -0.768. The molecule has 0 aliphatic rings. The third kappa shape index (κ3) is 43.6. The number of carbonyl (C=O) groups excluding carboxylic acids is 1. The topological polar surface area (TPSA) is 131 Å². The van der Waals surface area contributed by atoms with Crippen molar-refractivity contribution in [3.63, 3.8) is 0 Å². The van der Waals surface area contributed by atoms with E-state index < -0.39 is 20.0 Å². The third-order valence-electron chi connectivity index (χ3n) is 12.0. The van der Waals surface area contributed by atoms with Gasteiger partial charge in [-0.3, -0.25) is 13.8 Å². The quantitative estimate of drug-likeness (QED) is 0.0354. The van der Waals surface area contributed by atoms with Crippen molar-refractivity contribution in [2.45, 2.75) is 289 Å². The zero-order valence-corrected chi connectivity index (χ0v) is 39.7. The van der Waals surface area contributed by atoms with E-state index in [0.29, 0.717) is 12.8 Å². The number of phosphoric acid groups is 1. The van der Waals surface area contributed by atoms with Crippen LogP contribution < -0.4 is 11.1 Å². The summed E-state index contributed by atoms with van der Waals surface area (Å²) in [4.78, 5) is 22.8. The van der Waals surface area contributed by atoms with Crippen molar-refractivity contribution in [2.75, 3.05) is 19.8 Å². The van der Waals surface area contributed by atoms with Crippen LogP contribution in [0.3, 0.4) is 0 Å². The Morgan fingerprint density at radius 1 is 0.500 bits per heavy atom. The largest absolute Gasteiger partial charge is 0.472 e. The molecule has 8 nitrogen and oxygen atoms in total. The maximum Gasteiger partial charge on any atom is 0.472 e. The Morgan fingerprint density at radius 3 is 1.10 bits per heavy atom. The Balaban J connectivity index is 3.90. The molecule has 0 bridgehead atoms. The van der Waals surface area contributed by atoms with Crippen molar-refractivity contribution in [1.29, 1.82) is 0 Å². The van der Waals surface area contributed by atoms with Gasteiger partial charge in [0.25, 0.3) is 0 Å². The van der Waals surface area contributed by atoms with Gasteiger partial charge in [-0.15, -0.1) is 0 Å². The summed E-state index contributed by atoms with van der Waals surface area (Å²) in [6.45, 7) is 4.25. The second-order valence-electron chi connectivity index (χ2n) is 17.7. The van der Waals surface area contributed by atoms with E-state index in [1.165, 1.54) is 212 Å². The molecule has 1 unspecified atom stereocenters. The number of amides is 1. The summed E-state index contributed by atoms with van der Waals surface area (Å²) in [7, 11) is -4.31. The molecular formula is C49H101N2O6P. The van der Waals surface area contributed by atoms with Crippen molar-refractivity contribution >= 4 is 13.7 Å². The lowest BCUT2D eigenvalue weighted by molar-refractivity contribution is -0.123. The normalized spacial score (nSPS) is 13.8. The number of carbonyl (C=O) groups is 1. The number of nitrogens with two attached hydrogens (primary N) is 1. The summed E-state index contributed by atoms with van der Waals surface area (Å²) in [5.41, 5.74) is 5.39. The molecule has 0 aliphatic carbocycles. The van der Waals surface area contributed by atoms with Crippen LogP contribution in [0.5, 0.6) is 0 Å². The van der Waals surface area contributed by atoms with Crippen LogP contribution in [-0.2, 0) is 18.4 Å². The average Bonchev–Trinajstić information content (AvgIpc) is 3.21. The predicted octanol–water partition coefficient (Wildman–Crippen LogP) is 15.0. The molecule has 3 atom stereocenters. The Labute approximate surface area is 361 Å². The predicted molar refractivity (Wildman–Crippen MR) is 249 cm³/mol. The minimum absolute atomic E-state index is 0.0926. The second-order valence-corrected chi connectivity index (χ2v) is 19.2. The van der Waals surface area contributed by atoms with Crippen LogP contribution >= 0.6 is 7.82 Å². The van der Waals surface area contributed by atoms with Crippen LogP contribution in [0.15, 0.2) is 0 Å². The van der Waals surface area contributed by atoms with E-state index in [2.05, 4.69) is 19.2 Å². The first-order valence-electron chi connectivity index (χ1n) is 25.7. The molecule has 0 aromatic carbocycles. The fourth-order valence-electron chi connectivity index (χ4n) is 8.08. The number of hydrogen-bond donors (Lipinski definition) is 4. The van der Waals surface area contributed by atoms with E-state index in [-0.39, 0.29) is 25.7 Å². The van der Waals surface area contributed by atoms with Crippen molar-refractivity contribution in [3.05, 3.63) is 0 Å². The summed E-state index contributed by atoms with van der Waals surface area (Å²) >= 11 is 0. The van der Waals surface area contributed by atoms with Crippen LogP contribution in [-0.4, -0.2) is 47.8 Å². The fraction of sp³-hybridized carbons (Fsp3) is 0.980. The molecule has 0 fully saturated rings. The van der Waals surface area contributed by atoms with Crippen LogP contribution in [0.2, 0.25) is 0 Å². The van der Waals surface area contributed by atoms with E-state index in [1.54, 1.807) is 0 Å². The molecule has 5 N–H and O–H groups in total. The van der Waals surface area contributed by atoms with E-state index in [1.807, 2.05) is 0 Å². The number of nitrogens with one attached hydrogen (secondary N) is 1. The summed E-state index contributed by atoms with van der Waals surface area (Å²) in [6.07, 6.45) is 51.4. The van der Waals surface area contributed by atoms with Gasteiger partial charge in [0.05, 0.1) is 25.4 Å². The van der Waals surface area contributed by atoms with Gasteiger partial charge in [-0.05, 0) is 12.8 Å². The number of aliphatic hydroxyl groups is 1. The zero-order valence-electron chi connectivity index (χ0n) is 38.8. The number of hydrogen-bond acceptors (Lipinski definition) is 6.